The van der Waals surface area contributed by atoms with Crippen LogP contribution >= 0.6 is 0 Å². The second-order valence-corrected chi connectivity index (χ2v) is 7.93. The molecule has 2 aromatic rings. The maximum Gasteiger partial charge on any atom is 0.341 e. The fraction of sp³-hybridized carbons (Fsp3) is 0.600. The molecule has 1 saturated carbocycles. The molecule has 3 fully saturated rings. The Balaban J connectivity index is 1.25. The highest BCUT2D eigenvalue weighted by molar-refractivity contribution is 5.79. The molecule has 1 aromatic heterocycles. The van der Waals surface area contributed by atoms with E-state index in [4.69, 9.17) is 14.2 Å². The van der Waals surface area contributed by atoms with Crippen molar-refractivity contribution in [2.24, 2.45) is 5.92 Å². The first-order chi connectivity index (χ1) is 14.3. The molecule has 0 spiro atoms. The average molecular weight is 399 g/mol. The molecule has 3 aliphatic rings. The molecule has 29 heavy (non-hydrogen) atoms. The number of tetrazole rings is 1. The van der Waals surface area contributed by atoms with E-state index in [0.29, 0.717) is 25.0 Å². The first-order valence-corrected chi connectivity index (χ1v) is 10.3. The van der Waals surface area contributed by atoms with Gasteiger partial charge in [0.1, 0.15) is 24.0 Å². The fourth-order valence-electron chi connectivity index (χ4n) is 4.53. The second-order valence-electron chi connectivity index (χ2n) is 7.93. The second kappa shape index (κ2) is 8.08. The van der Waals surface area contributed by atoms with Gasteiger partial charge in [0.15, 0.2) is 0 Å². The van der Waals surface area contributed by atoms with Crippen molar-refractivity contribution < 1.29 is 19.0 Å². The smallest absolute Gasteiger partial charge is 0.341 e. The van der Waals surface area contributed by atoms with Gasteiger partial charge in [-0.2, -0.15) is 4.68 Å². The Kier molecular flexibility index (Phi) is 5.15. The quantitative estimate of drug-likeness (QED) is 0.819. The number of carbonyl (C=O) groups excluding carboxylic acids is 1. The summed E-state index contributed by atoms with van der Waals surface area (Å²) in [5.41, 5.74) is 0. The maximum atomic E-state index is 12.6. The number of nitrogens with zero attached hydrogens (tertiary/aromatic N) is 4. The fourth-order valence-corrected chi connectivity index (χ4v) is 4.53. The van der Waals surface area contributed by atoms with Crippen LogP contribution in [-0.4, -0.2) is 57.6 Å². The number of para-hydroxylation sites is 1. The first-order valence-electron chi connectivity index (χ1n) is 10.3. The van der Waals surface area contributed by atoms with Gasteiger partial charge in [0, 0.05) is 5.92 Å². The van der Waals surface area contributed by atoms with Crippen molar-refractivity contribution in [3.8, 4) is 11.8 Å². The molecular weight excluding hydrogens is 374 g/mol. The predicted octanol–water partition coefficient (Wildman–Crippen LogP) is 1.87. The average Bonchev–Trinajstić information content (AvgIpc) is 3.47. The van der Waals surface area contributed by atoms with Gasteiger partial charge in [-0.3, -0.25) is 4.79 Å². The maximum absolute atomic E-state index is 12.6. The van der Waals surface area contributed by atoms with E-state index in [1.165, 1.54) is 6.42 Å². The van der Waals surface area contributed by atoms with E-state index in [9.17, 15) is 4.79 Å². The number of benzene rings is 1. The molecule has 1 N–H and O–H groups in total. The van der Waals surface area contributed by atoms with Gasteiger partial charge in [-0.05, 0) is 35.4 Å². The largest absolute Gasteiger partial charge is 0.423 e. The van der Waals surface area contributed by atoms with Crippen molar-refractivity contribution in [3.05, 3.63) is 30.3 Å². The Labute approximate surface area is 168 Å². The molecule has 9 nitrogen and oxygen atoms in total. The van der Waals surface area contributed by atoms with E-state index in [0.717, 1.165) is 25.7 Å². The highest BCUT2D eigenvalue weighted by atomic mass is 16.6. The summed E-state index contributed by atoms with van der Waals surface area (Å²) in [6, 6.07) is 9.32. The van der Waals surface area contributed by atoms with Gasteiger partial charge < -0.3 is 19.5 Å². The van der Waals surface area contributed by atoms with E-state index in [1.807, 2.05) is 30.3 Å². The van der Waals surface area contributed by atoms with Gasteiger partial charge in [0.2, 0.25) is 5.91 Å². The zero-order valence-electron chi connectivity index (χ0n) is 16.1. The summed E-state index contributed by atoms with van der Waals surface area (Å²) in [7, 11) is 0. The SMILES string of the molecule is O=C(N[C@H]1CO[C@H]2[C@H]1OC[C@H]2n1nnnc1Oc1ccccc1)C1CCCCC1. The monoisotopic (exact) mass is 399 g/mol. The zero-order chi connectivity index (χ0) is 19.6. The molecular formula is C20H25N5O4. The van der Waals surface area contributed by atoms with Crippen LogP contribution in [0.25, 0.3) is 0 Å². The van der Waals surface area contributed by atoms with Crippen LogP contribution in [-0.2, 0) is 14.3 Å². The van der Waals surface area contributed by atoms with Gasteiger partial charge in [-0.25, -0.2) is 0 Å². The van der Waals surface area contributed by atoms with Gasteiger partial charge in [0.05, 0.1) is 19.3 Å². The number of amides is 1. The lowest BCUT2D eigenvalue weighted by Gasteiger charge is -2.24. The van der Waals surface area contributed by atoms with Crippen molar-refractivity contribution >= 4 is 5.91 Å². The normalized spacial score (nSPS) is 29.5. The number of hydrogen-bond acceptors (Lipinski definition) is 7. The van der Waals surface area contributed by atoms with Crippen LogP contribution in [0.15, 0.2) is 30.3 Å². The lowest BCUT2D eigenvalue weighted by molar-refractivity contribution is -0.127. The number of nitrogens with one attached hydrogen (secondary N) is 1. The van der Waals surface area contributed by atoms with Gasteiger partial charge in [-0.1, -0.05) is 42.6 Å². The van der Waals surface area contributed by atoms with Crippen molar-refractivity contribution in [1.82, 2.24) is 25.5 Å². The third kappa shape index (κ3) is 3.72. The topological polar surface area (TPSA) is 100 Å². The van der Waals surface area contributed by atoms with Crippen LogP contribution in [0.4, 0.5) is 0 Å². The van der Waals surface area contributed by atoms with Gasteiger partial charge in [0.25, 0.3) is 0 Å². The first kappa shape index (κ1) is 18.5. The van der Waals surface area contributed by atoms with Gasteiger partial charge >= 0.3 is 6.01 Å². The summed E-state index contributed by atoms with van der Waals surface area (Å²) in [6.45, 7) is 0.836. The minimum atomic E-state index is -0.228. The molecule has 3 heterocycles. The molecule has 0 bridgehead atoms. The molecule has 1 aromatic carbocycles. The molecule has 2 saturated heterocycles. The molecule has 0 unspecified atom stereocenters. The van der Waals surface area contributed by atoms with Crippen LogP contribution in [0.3, 0.4) is 0 Å². The summed E-state index contributed by atoms with van der Waals surface area (Å²) in [5.74, 6) is 0.899. The van der Waals surface area contributed by atoms with Crippen LogP contribution in [0.1, 0.15) is 38.1 Å². The number of ether oxygens (including phenoxy) is 3. The summed E-state index contributed by atoms with van der Waals surface area (Å²) >= 11 is 0. The van der Waals surface area contributed by atoms with E-state index in [1.54, 1.807) is 4.68 Å². The number of rotatable bonds is 5. The molecule has 2 aliphatic heterocycles. The zero-order valence-corrected chi connectivity index (χ0v) is 16.1. The summed E-state index contributed by atoms with van der Waals surface area (Å²) < 4.78 is 19.5. The third-order valence-corrected chi connectivity index (χ3v) is 6.06. The molecule has 9 heteroatoms. The van der Waals surface area contributed by atoms with Crippen molar-refractivity contribution in [2.45, 2.75) is 56.4 Å². The van der Waals surface area contributed by atoms with Gasteiger partial charge in [-0.15, -0.1) is 0 Å². The Hall–Kier alpha value is -2.52. The highest BCUT2D eigenvalue weighted by Gasteiger charge is 2.50. The summed E-state index contributed by atoms with van der Waals surface area (Å²) in [6.07, 6.45) is 5.00. The van der Waals surface area contributed by atoms with E-state index < -0.39 is 0 Å². The Bertz CT molecular complexity index is 838. The molecule has 154 valence electrons. The number of fused-ring (bicyclic) bond motifs is 1. The lowest BCUT2D eigenvalue weighted by atomic mass is 9.88. The number of aromatic nitrogens is 4. The van der Waals surface area contributed by atoms with E-state index in [-0.39, 0.29) is 36.1 Å². The lowest BCUT2D eigenvalue weighted by Crippen LogP contribution is -2.46. The molecule has 1 amide bonds. The number of hydrogen-bond donors (Lipinski definition) is 1. The van der Waals surface area contributed by atoms with Crippen molar-refractivity contribution in [3.63, 3.8) is 0 Å². The number of carbonyl (C=O) groups is 1. The van der Waals surface area contributed by atoms with Crippen LogP contribution in [0, 0.1) is 5.92 Å². The Morgan fingerprint density at radius 2 is 1.86 bits per heavy atom. The predicted molar refractivity (Wildman–Crippen MR) is 101 cm³/mol. The van der Waals surface area contributed by atoms with Crippen molar-refractivity contribution in [1.29, 1.82) is 0 Å². The standard InChI is InChI=1S/C20H25N5O4/c26-19(13-7-3-1-4-8-13)21-15-11-27-18-16(12-28-17(15)18)25-20(22-23-24-25)29-14-9-5-2-6-10-14/h2,5-6,9-10,13,15-18H,1,3-4,7-8,11-12H2,(H,21,26)/t15-,16+,17-,18+/m0/s1. The Morgan fingerprint density at radius 1 is 1.07 bits per heavy atom. The summed E-state index contributed by atoms with van der Waals surface area (Å²) in [4.78, 5) is 12.6. The van der Waals surface area contributed by atoms with E-state index >= 15 is 0 Å². The molecule has 1 aliphatic carbocycles. The summed E-state index contributed by atoms with van der Waals surface area (Å²) in [5, 5.41) is 15.0. The van der Waals surface area contributed by atoms with Crippen molar-refractivity contribution in [2.75, 3.05) is 13.2 Å². The van der Waals surface area contributed by atoms with Crippen LogP contribution in [0.2, 0.25) is 0 Å². The van der Waals surface area contributed by atoms with Crippen LogP contribution in [0.5, 0.6) is 11.8 Å². The van der Waals surface area contributed by atoms with E-state index in [2.05, 4.69) is 20.8 Å². The Morgan fingerprint density at radius 3 is 2.69 bits per heavy atom. The minimum Gasteiger partial charge on any atom is -0.423 e. The molecule has 4 atom stereocenters. The minimum absolute atomic E-state index is 0.116. The molecule has 5 rings (SSSR count). The molecule has 0 radical (unpaired) electrons. The van der Waals surface area contributed by atoms with Crippen LogP contribution < -0.4 is 10.1 Å². The highest BCUT2D eigenvalue weighted by Crippen LogP contribution is 2.36. The third-order valence-electron chi connectivity index (χ3n) is 6.06.